The zero-order valence-electron chi connectivity index (χ0n) is 16.7. The molecule has 1 aliphatic carbocycles. The first kappa shape index (κ1) is 19.4. The van der Waals surface area contributed by atoms with Gasteiger partial charge in [-0.25, -0.2) is 0 Å². The molecule has 2 heterocycles. The predicted octanol–water partition coefficient (Wildman–Crippen LogP) is 4.88. The molecule has 2 aromatic carbocycles. The van der Waals surface area contributed by atoms with Crippen molar-refractivity contribution >= 4 is 23.3 Å². The summed E-state index contributed by atoms with van der Waals surface area (Å²) in [5.74, 6) is 0.0695. The van der Waals surface area contributed by atoms with Crippen molar-refractivity contribution in [2.45, 2.75) is 44.2 Å². The normalized spacial score (nSPS) is 25.8. The summed E-state index contributed by atoms with van der Waals surface area (Å²) in [6.45, 7) is 0.523. The second kappa shape index (κ2) is 7.92. The maximum absolute atomic E-state index is 13.5. The highest BCUT2D eigenvalue weighted by Gasteiger charge is 2.51. The van der Waals surface area contributed by atoms with Gasteiger partial charge in [0.2, 0.25) is 0 Å². The molecule has 3 atom stereocenters. The van der Waals surface area contributed by atoms with E-state index < -0.39 is 6.04 Å². The Bertz CT molecular complexity index is 999. The highest BCUT2D eigenvalue weighted by molar-refractivity contribution is 6.30. The first-order valence-electron chi connectivity index (χ1n) is 10.7. The van der Waals surface area contributed by atoms with Gasteiger partial charge < -0.3 is 9.64 Å². The standard InChI is InChI=1S/C25H24ClNO3/c26-18-12-10-17(11-13-18)22-21-23(28)19-8-4-5-9-20(19)30-24(21)25(29)27(22)15-14-16-6-2-1-3-7-16/h1-3,6-7,10-13,19-20,22H,4-5,8-9,14-15H2. The van der Waals surface area contributed by atoms with E-state index in [9.17, 15) is 9.59 Å². The number of fused-ring (bicyclic) bond motifs is 1. The number of benzene rings is 2. The maximum atomic E-state index is 13.5. The van der Waals surface area contributed by atoms with E-state index in [-0.39, 0.29) is 29.5 Å². The minimum atomic E-state index is -0.413. The summed E-state index contributed by atoms with van der Waals surface area (Å²) in [6.07, 6.45) is 4.33. The van der Waals surface area contributed by atoms with Gasteiger partial charge in [0, 0.05) is 11.6 Å². The molecule has 0 aromatic heterocycles. The van der Waals surface area contributed by atoms with Crippen molar-refractivity contribution in [2.24, 2.45) is 5.92 Å². The van der Waals surface area contributed by atoms with Crippen LogP contribution in [0.2, 0.25) is 5.02 Å². The van der Waals surface area contributed by atoms with Gasteiger partial charge in [-0.1, -0.05) is 60.5 Å². The Kier molecular flexibility index (Phi) is 5.11. The third-order valence-electron chi connectivity index (χ3n) is 6.53. The average Bonchev–Trinajstić information content (AvgIpc) is 3.06. The quantitative estimate of drug-likeness (QED) is 0.706. The molecule has 2 aromatic rings. The van der Waals surface area contributed by atoms with Crippen LogP contribution in [0.1, 0.15) is 42.9 Å². The fraction of sp³-hybridized carbons (Fsp3) is 0.360. The van der Waals surface area contributed by atoms with E-state index in [0.29, 0.717) is 17.1 Å². The Labute approximate surface area is 181 Å². The molecule has 3 unspecified atom stereocenters. The Morgan fingerprint density at radius 1 is 0.967 bits per heavy atom. The van der Waals surface area contributed by atoms with Gasteiger partial charge in [-0.2, -0.15) is 0 Å². The topological polar surface area (TPSA) is 46.6 Å². The lowest BCUT2D eigenvalue weighted by atomic mass is 9.77. The number of halogens is 1. The zero-order valence-corrected chi connectivity index (χ0v) is 17.5. The number of ether oxygens (including phenoxy) is 1. The molecule has 0 radical (unpaired) electrons. The third-order valence-corrected chi connectivity index (χ3v) is 6.78. The Hall–Kier alpha value is -2.59. The molecule has 154 valence electrons. The second-order valence-electron chi connectivity index (χ2n) is 8.34. The molecular weight excluding hydrogens is 398 g/mol. The van der Waals surface area contributed by atoms with Crippen molar-refractivity contribution in [3.05, 3.63) is 82.1 Å². The van der Waals surface area contributed by atoms with E-state index >= 15 is 0 Å². The fourth-order valence-corrected chi connectivity index (χ4v) is 5.13. The van der Waals surface area contributed by atoms with Crippen LogP contribution in [0.4, 0.5) is 0 Å². The molecule has 0 bridgehead atoms. The van der Waals surface area contributed by atoms with Gasteiger partial charge in [-0.3, -0.25) is 9.59 Å². The largest absolute Gasteiger partial charge is 0.483 e. The Balaban J connectivity index is 1.52. The molecule has 0 spiro atoms. The van der Waals surface area contributed by atoms with Crippen LogP contribution in [0, 0.1) is 5.92 Å². The Morgan fingerprint density at radius 3 is 2.47 bits per heavy atom. The first-order chi connectivity index (χ1) is 14.6. The molecule has 4 nitrogen and oxygen atoms in total. The smallest absolute Gasteiger partial charge is 0.290 e. The Morgan fingerprint density at radius 2 is 1.70 bits per heavy atom. The number of carbonyl (C=O) groups is 2. The van der Waals surface area contributed by atoms with Crippen molar-refractivity contribution in [3.63, 3.8) is 0 Å². The molecule has 2 aliphatic heterocycles. The summed E-state index contributed by atoms with van der Waals surface area (Å²) in [7, 11) is 0. The van der Waals surface area contributed by atoms with E-state index in [1.807, 2.05) is 42.5 Å². The van der Waals surface area contributed by atoms with Crippen LogP contribution in [0.15, 0.2) is 65.9 Å². The minimum absolute atomic E-state index is 0.0939. The van der Waals surface area contributed by atoms with Gasteiger partial charge in [0.15, 0.2) is 11.5 Å². The van der Waals surface area contributed by atoms with Crippen molar-refractivity contribution < 1.29 is 14.3 Å². The van der Waals surface area contributed by atoms with Crippen LogP contribution < -0.4 is 0 Å². The fourth-order valence-electron chi connectivity index (χ4n) is 5.01. The molecule has 1 amide bonds. The molecule has 0 saturated heterocycles. The number of ketones is 1. The number of hydrogen-bond acceptors (Lipinski definition) is 3. The van der Waals surface area contributed by atoms with Crippen molar-refractivity contribution in [3.8, 4) is 0 Å². The summed E-state index contributed by atoms with van der Waals surface area (Å²) in [5, 5.41) is 0.631. The van der Waals surface area contributed by atoms with Crippen molar-refractivity contribution in [1.82, 2.24) is 4.90 Å². The average molecular weight is 422 g/mol. The molecule has 1 saturated carbocycles. The molecule has 5 rings (SSSR count). The monoisotopic (exact) mass is 421 g/mol. The van der Waals surface area contributed by atoms with E-state index in [1.54, 1.807) is 4.90 Å². The van der Waals surface area contributed by atoms with Gasteiger partial charge in [-0.05, 0) is 48.9 Å². The summed E-state index contributed by atoms with van der Waals surface area (Å²) in [5.41, 5.74) is 2.60. The van der Waals surface area contributed by atoms with Gasteiger partial charge >= 0.3 is 0 Å². The first-order valence-corrected chi connectivity index (χ1v) is 11.1. The lowest BCUT2D eigenvalue weighted by Crippen LogP contribution is -2.39. The molecule has 0 N–H and O–H groups in total. The van der Waals surface area contributed by atoms with Crippen LogP contribution in [0.5, 0.6) is 0 Å². The van der Waals surface area contributed by atoms with Crippen molar-refractivity contribution in [2.75, 3.05) is 6.54 Å². The van der Waals surface area contributed by atoms with Crippen LogP contribution in [0.3, 0.4) is 0 Å². The summed E-state index contributed by atoms with van der Waals surface area (Å²) in [4.78, 5) is 28.7. The van der Waals surface area contributed by atoms with E-state index in [4.69, 9.17) is 16.3 Å². The molecule has 1 fully saturated rings. The molecule has 30 heavy (non-hydrogen) atoms. The number of Topliss-reactive ketones (excluding diaryl/α,β-unsaturated/α-hetero) is 1. The highest BCUT2D eigenvalue weighted by Crippen LogP contribution is 2.46. The lowest BCUT2D eigenvalue weighted by Gasteiger charge is -2.35. The number of carbonyl (C=O) groups excluding carboxylic acids is 2. The summed E-state index contributed by atoms with van der Waals surface area (Å²) < 4.78 is 6.20. The maximum Gasteiger partial charge on any atom is 0.290 e. The molecule has 5 heteroatoms. The summed E-state index contributed by atoms with van der Waals surface area (Å²) >= 11 is 6.10. The van der Waals surface area contributed by atoms with Gasteiger partial charge in [0.25, 0.3) is 5.91 Å². The van der Waals surface area contributed by atoms with Crippen LogP contribution in [-0.4, -0.2) is 29.2 Å². The van der Waals surface area contributed by atoms with Gasteiger partial charge in [-0.15, -0.1) is 0 Å². The van der Waals surface area contributed by atoms with Gasteiger partial charge in [0.05, 0.1) is 17.5 Å². The lowest BCUT2D eigenvalue weighted by molar-refractivity contribution is -0.135. The SMILES string of the molecule is O=C1C2=C(OC3CCCCC13)C(=O)N(CCc1ccccc1)C2c1ccc(Cl)cc1. The number of rotatable bonds is 4. The third kappa shape index (κ3) is 3.33. The minimum Gasteiger partial charge on any atom is -0.483 e. The van der Waals surface area contributed by atoms with E-state index in [1.165, 1.54) is 0 Å². The molecular formula is C25H24ClNO3. The molecule has 3 aliphatic rings. The second-order valence-corrected chi connectivity index (χ2v) is 8.78. The number of nitrogens with zero attached hydrogens (tertiary/aromatic N) is 1. The van der Waals surface area contributed by atoms with E-state index in [2.05, 4.69) is 12.1 Å². The van der Waals surface area contributed by atoms with Gasteiger partial charge in [0.1, 0.15) is 6.10 Å². The number of amides is 1. The van der Waals surface area contributed by atoms with Crippen LogP contribution >= 0.6 is 11.6 Å². The number of hydrogen-bond donors (Lipinski definition) is 0. The summed E-state index contributed by atoms with van der Waals surface area (Å²) in [6, 6.07) is 17.1. The van der Waals surface area contributed by atoms with Crippen LogP contribution in [-0.2, 0) is 20.7 Å². The highest BCUT2D eigenvalue weighted by atomic mass is 35.5. The zero-order chi connectivity index (χ0) is 20.7. The predicted molar refractivity (Wildman–Crippen MR) is 115 cm³/mol. The van der Waals surface area contributed by atoms with E-state index in [0.717, 1.165) is 43.2 Å². The van der Waals surface area contributed by atoms with Crippen molar-refractivity contribution in [1.29, 1.82) is 0 Å². The van der Waals surface area contributed by atoms with Crippen LogP contribution in [0.25, 0.3) is 0 Å².